The Labute approximate surface area is 211 Å². The van der Waals surface area contributed by atoms with E-state index in [1.54, 1.807) is 11.0 Å². The number of amides is 1. The minimum absolute atomic E-state index is 0.101. The van der Waals surface area contributed by atoms with Gasteiger partial charge < -0.3 is 15.1 Å². The lowest BCUT2D eigenvalue weighted by Gasteiger charge is -2.35. The predicted molar refractivity (Wildman–Crippen MR) is 137 cm³/mol. The van der Waals surface area contributed by atoms with Crippen LogP contribution in [0.5, 0.6) is 0 Å². The molecule has 0 bridgehead atoms. The number of aliphatic hydroxyl groups excluding tert-OH is 1. The van der Waals surface area contributed by atoms with Crippen LogP contribution in [0, 0.1) is 10.5 Å². The number of nitrogens with zero attached hydrogens (tertiary/aromatic N) is 1. The summed E-state index contributed by atoms with van der Waals surface area (Å²) in [5.74, 6) is -1.20. The number of rotatable bonds is 7. The molecule has 7 heteroatoms. The van der Waals surface area contributed by atoms with Crippen molar-refractivity contribution in [1.29, 1.82) is 0 Å². The Kier molecular flexibility index (Phi) is 7.11. The molecule has 0 radical (unpaired) electrons. The fourth-order valence-corrected chi connectivity index (χ4v) is 6.45. The van der Waals surface area contributed by atoms with Gasteiger partial charge in [-0.05, 0) is 64.4 Å². The average Bonchev–Trinajstić information content (AvgIpc) is 3.08. The molecule has 3 aromatic carbocycles. The van der Waals surface area contributed by atoms with Gasteiger partial charge in [0.15, 0.2) is 4.75 Å². The van der Waals surface area contributed by atoms with E-state index >= 15 is 0 Å². The van der Waals surface area contributed by atoms with Crippen LogP contribution in [0.3, 0.4) is 0 Å². The van der Waals surface area contributed by atoms with Gasteiger partial charge >= 0.3 is 5.97 Å². The van der Waals surface area contributed by atoms with Gasteiger partial charge in [-0.3, -0.25) is 9.59 Å². The van der Waals surface area contributed by atoms with Gasteiger partial charge in [-0.15, -0.1) is 11.8 Å². The van der Waals surface area contributed by atoms with Crippen LogP contribution in [0.1, 0.15) is 34.7 Å². The number of carboxylic acid groups (broad SMARTS) is 1. The Hall–Kier alpha value is -2.36. The van der Waals surface area contributed by atoms with E-state index in [1.807, 2.05) is 73.7 Å². The Morgan fingerprint density at radius 3 is 2.39 bits per heavy atom. The zero-order valence-corrected chi connectivity index (χ0v) is 21.0. The van der Waals surface area contributed by atoms with Crippen molar-refractivity contribution < 1.29 is 19.8 Å². The summed E-state index contributed by atoms with van der Waals surface area (Å²) in [5, 5.41) is 20.1. The first-order chi connectivity index (χ1) is 15.8. The van der Waals surface area contributed by atoms with Crippen LogP contribution < -0.4 is 0 Å². The lowest BCUT2D eigenvalue weighted by atomic mass is 9.91. The number of aryl methyl sites for hydroxylation is 1. The fourth-order valence-electron chi connectivity index (χ4n) is 4.23. The number of carbonyl (C=O) groups is 2. The van der Waals surface area contributed by atoms with Crippen molar-refractivity contribution in [3.63, 3.8) is 0 Å². The molecule has 170 valence electrons. The summed E-state index contributed by atoms with van der Waals surface area (Å²) in [6.45, 7) is 2.21. The molecule has 1 fully saturated rings. The highest BCUT2D eigenvalue weighted by molar-refractivity contribution is 14.1. The van der Waals surface area contributed by atoms with E-state index < -0.39 is 16.8 Å². The summed E-state index contributed by atoms with van der Waals surface area (Å²) in [7, 11) is 0. The maximum atomic E-state index is 13.4. The molecule has 0 saturated carbocycles. The number of carboxylic acids is 1. The lowest BCUT2D eigenvalue weighted by molar-refractivity contribution is -0.140. The van der Waals surface area contributed by atoms with E-state index in [0.29, 0.717) is 6.54 Å². The van der Waals surface area contributed by atoms with Gasteiger partial charge in [0.05, 0.1) is 19.1 Å². The molecular weight excluding hydrogens is 549 g/mol. The number of aliphatic carboxylic acids is 1. The standard InChI is InChI=1S/C26H24INO4S/c1-17-7-10-20(11-8-17)33-26(25(31)32)14-23(30)28(15-18-5-3-2-4-6-18)24(26)21-12-9-19(16-29)13-22(21)27/h2-13,24,29H,14-16H2,1H3,(H,31,32)/t24-,26-/m1/s1. The number of hydrogen-bond acceptors (Lipinski definition) is 4. The third kappa shape index (κ3) is 4.81. The number of hydrogen-bond donors (Lipinski definition) is 2. The van der Waals surface area contributed by atoms with Crippen LogP contribution in [0.15, 0.2) is 77.7 Å². The van der Waals surface area contributed by atoms with Crippen LogP contribution >= 0.6 is 34.4 Å². The van der Waals surface area contributed by atoms with Crippen molar-refractivity contribution in [1.82, 2.24) is 4.90 Å². The van der Waals surface area contributed by atoms with Gasteiger partial charge in [-0.25, -0.2) is 0 Å². The van der Waals surface area contributed by atoms with Crippen molar-refractivity contribution in [3.05, 3.63) is 98.6 Å². The average molecular weight is 573 g/mol. The molecule has 1 aliphatic rings. The van der Waals surface area contributed by atoms with Crippen LogP contribution in [0.4, 0.5) is 0 Å². The van der Waals surface area contributed by atoms with Crippen molar-refractivity contribution in [2.45, 2.75) is 42.2 Å². The van der Waals surface area contributed by atoms with Crippen molar-refractivity contribution in [3.8, 4) is 0 Å². The molecular formula is C26H24INO4S. The normalized spacial score (nSPS) is 20.3. The highest BCUT2D eigenvalue weighted by atomic mass is 127. The zero-order chi connectivity index (χ0) is 23.6. The Bertz CT molecular complexity index is 1170. The number of thioether (sulfide) groups is 1. The molecule has 33 heavy (non-hydrogen) atoms. The predicted octanol–water partition coefficient (Wildman–Crippen LogP) is 5.18. The first-order valence-corrected chi connectivity index (χ1v) is 12.5. The molecule has 0 aromatic heterocycles. The van der Waals surface area contributed by atoms with Crippen molar-refractivity contribution in [2.75, 3.05) is 0 Å². The maximum absolute atomic E-state index is 13.4. The fraction of sp³-hybridized carbons (Fsp3) is 0.231. The van der Waals surface area contributed by atoms with Crippen LogP contribution in [0.2, 0.25) is 0 Å². The Morgan fingerprint density at radius 1 is 1.09 bits per heavy atom. The van der Waals surface area contributed by atoms with Gasteiger partial charge in [0.2, 0.25) is 5.91 Å². The van der Waals surface area contributed by atoms with Crippen LogP contribution in [-0.2, 0) is 22.7 Å². The molecule has 5 nitrogen and oxygen atoms in total. The van der Waals surface area contributed by atoms with Gasteiger partial charge in [-0.1, -0.05) is 60.2 Å². The number of carbonyl (C=O) groups excluding carboxylic acids is 1. The smallest absolute Gasteiger partial charge is 0.323 e. The molecule has 0 unspecified atom stereocenters. The lowest BCUT2D eigenvalue weighted by Crippen LogP contribution is -2.42. The Balaban J connectivity index is 1.85. The minimum atomic E-state index is -1.39. The minimum Gasteiger partial charge on any atom is -0.480 e. The first-order valence-electron chi connectivity index (χ1n) is 10.6. The summed E-state index contributed by atoms with van der Waals surface area (Å²) in [6, 6.07) is 22.2. The summed E-state index contributed by atoms with van der Waals surface area (Å²) in [5.41, 5.74) is 3.55. The van der Waals surface area contributed by atoms with Gasteiger partial charge in [-0.2, -0.15) is 0 Å². The van der Waals surface area contributed by atoms with Crippen LogP contribution in [0.25, 0.3) is 0 Å². The summed E-state index contributed by atoms with van der Waals surface area (Å²) < 4.78 is -0.561. The highest BCUT2D eigenvalue weighted by Gasteiger charge is 2.58. The van der Waals surface area contributed by atoms with E-state index in [-0.39, 0.29) is 18.9 Å². The Morgan fingerprint density at radius 2 is 1.79 bits per heavy atom. The number of benzene rings is 3. The molecule has 0 aliphatic carbocycles. The van der Waals surface area contributed by atoms with E-state index in [9.17, 15) is 19.8 Å². The van der Waals surface area contributed by atoms with Gasteiger partial charge in [0, 0.05) is 15.0 Å². The molecule has 1 saturated heterocycles. The number of halogens is 1. The molecule has 3 aromatic rings. The largest absolute Gasteiger partial charge is 0.480 e. The molecule has 0 spiro atoms. The molecule has 1 amide bonds. The van der Waals surface area contributed by atoms with Crippen LogP contribution in [-0.4, -0.2) is 31.7 Å². The monoisotopic (exact) mass is 573 g/mol. The van der Waals surface area contributed by atoms with E-state index in [2.05, 4.69) is 22.6 Å². The molecule has 4 rings (SSSR count). The first kappa shape index (κ1) is 23.8. The number of aliphatic hydroxyl groups is 1. The van der Waals surface area contributed by atoms with Crippen molar-refractivity contribution >= 4 is 46.2 Å². The topological polar surface area (TPSA) is 77.8 Å². The zero-order valence-electron chi connectivity index (χ0n) is 18.1. The third-order valence-corrected chi connectivity index (χ3v) is 8.26. The molecule has 2 N–H and O–H groups in total. The summed E-state index contributed by atoms with van der Waals surface area (Å²) in [4.78, 5) is 28.8. The van der Waals surface area contributed by atoms with Gasteiger partial charge in [0.25, 0.3) is 0 Å². The summed E-state index contributed by atoms with van der Waals surface area (Å²) >= 11 is 3.41. The molecule has 2 atom stereocenters. The van der Waals surface area contributed by atoms with E-state index in [1.165, 1.54) is 11.8 Å². The third-order valence-electron chi connectivity index (χ3n) is 5.91. The highest BCUT2D eigenvalue weighted by Crippen LogP contribution is 2.53. The maximum Gasteiger partial charge on any atom is 0.323 e. The molecule has 1 heterocycles. The molecule has 1 aliphatic heterocycles. The van der Waals surface area contributed by atoms with Gasteiger partial charge in [0.1, 0.15) is 0 Å². The summed E-state index contributed by atoms with van der Waals surface area (Å²) in [6.07, 6.45) is -0.101. The number of likely N-dealkylation sites (tertiary alicyclic amines) is 1. The van der Waals surface area contributed by atoms with E-state index in [4.69, 9.17) is 0 Å². The quantitative estimate of drug-likeness (QED) is 0.381. The van der Waals surface area contributed by atoms with E-state index in [0.717, 1.165) is 30.7 Å². The van der Waals surface area contributed by atoms with Crippen molar-refractivity contribution in [2.24, 2.45) is 0 Å². The second-order valence-electron chi connectivity index (χ2n) is 8.21. The SMILES string of the molecule is Cc1ccc(S[C@]2(C(=O)O)CC(=O)N(Cc3ccccc3)[C@@H]2c2ccc(CO)cc2I)cc1. The second-order valence-corrected chi connectivity index (χ2v) is 10.8. The second kappa shape index (κ2) is 9.87.